The Bertz CT molecular complexity index is 289. The lowest BCUT2D eigenvalue weighted by molar-refractivity contribution is 0.697. The quantitative estimate of drug-likeness (QED) is 0.230. The molecular formula is C6H13N7. The number of nitrogens with zero attached hydrogens (tertiary/aromatic N) is 4. The van der Waals surface area contributed by atoms with E-state index >= 15 is 0 Å². The van der Waals surface area contributed by atoms with E-state index in [4.69, 9.17) is 11.6 Å². The molecule has 7 nitrogen and oxygen atoms in total. The third-order valence-electron chi connectivity index (χ3n) is 1.58. The fraction of sp³-hybridized carbons (Fsp3) is 0.500. The van der Waals surface area contributed by atoms with Crippen molar-refractivity contribution in [3.8, 4) is 0 Å². The van der Waals surface area contributed by atoms with Gasteiger partial charge in [-0.05, 0) is 6.92 Å². The lowest BCUT2D eigenvalue weighted by Crippen LogP contribution is -2.37. The first-order valence-electron chi connectivity index (χ1n) is 3.91. The molecule has 0 aliphatic rings. The molecule has 5 N–H and O–H groups in total. The van der Waals surface area contributed by atoms with Crippen molar-refractivity contribution in [1.29, 1.82) is 0 Å². The Morgan fingerprint density at radius 3 is 3.15 bits per heavy atom. The van der Waals surface area contributed by atoms with E-state index < -0.39 is 0 Å². The van der Waals surface area contributed by atoms with E-state index in [1.54, 1.807) is 6.33 Å². The molecule has 0 unspecified atom stereocenters. The van der Waals surface area contributed by atoms with Gasteiger partial charge in [0.1, 0.15) is 12.9 Å². The van der Waals surface area contributed by atoms with Gasteiger partial charge in [-0.25, -0.2) is 10.8 Å². The van der Waals surface area contributed by atoms with Crippen LogP contribution in [-0.4, -0.2) is 20.7 Å². The Morgan fingerprint density at radius 2 is 2.54 bits per heavy atom. The van der Waals surface area contributed by atoms with Crippen LogP contribution in [0.2, 0.25) is 0 Å². The van der Waals surface area contributed by atoms with Crippen molar-refractivity contribution in [2.24, 2.45) is 16.6 Å². The summed E-state index contributed by atoms with van der Waals surface area (Å²) in [6, 6.07) is 0. The Balaban J connectivity index is 2.63. The largest absolute Gasteiger partial charge is 0.369 e. The van der Waals surface area contributed by atoms with E-state index in [0.29, 0.717) is 6.54 Å². The second-order valence-electron chi connectivity index (χ2n) is 2.38. The van der Waals surface area contributed by atoms with Gasteiger partial charge in [-0.3, -0.25) is 5.43 Å². The lowest BCUT2D eigenvalue weighted by Gasteiger charge is -2.00. The minimum atomic E-state index is 0.186. The monoisotopic (exact) mass is 183 g/mol. The number of aryl methyl sites for hydroxylation is 1. The van der Waals surface area contributed by atoms with Crippen LogP contribution >= 0.6 is 0 Å². The highest BCUT2D eigenvalue weighted by Crippen LogP contribution is 1.96. The molecule has 0 fully saturated rings. The normalized spacial score (nSPS) is 11.7. The third kappa shape index (κ3) is 2.41. The van der Waals surface area contributed by atoms with Gasteiger partial charge in [0.15, 0.2) is 5.82 Å². The molecule has 0 aromatic carbocycles. The highest BCUT2D eigenvalue weighted by atomic mass is 15.3. The molecule has 0 saturated carbocycles. The third-order valence-corrected chi connectivity index (χ3v) is 1.58. The van der Waals surface area contributed by atoms with Crippen LogP contribution in [0.25, 0.3) is 0 Å². The Hall–Kier alpha value is -1.63. The zero-order chi connectivity index (χ0) is 9.68. The van der Waals surface area contributed by atoms with Crippen LogP contribution in [0, 0.1) is 0 Å². The summed E-state index contributed by atoms with van der Waals surface area (Å²) in [5, 5.41) is 7.62. The van der Waals surface area contributed by atoms with Crippen LogP contribution in [0.1, 0.15) is 12.7 Å². The van der Waals surface area contributed by atoms with Crippen LogP contribution in [0.4, 0.5) is 0 Å². The summed E-state index contributed by atoms with van der Waals surface area (Å²) in [6.07, 6.45) is 1.65. The van der Waals surface area contributed by atoms with E-state index in [1.165, 1.54) is 0 Å². The first-order valence-corrected chi connectivity index (χ1v) is 3.91. The zero-order valence-electron chi connectivity index (χ0n) is 7.44. The predicted molar refractivity (Wildman–Crippen MR) is 48.3 cm³/mol. The number of aromatic nitrogens is 3. The summed E-state index contributed by atoms with van der Waals surface area (Å²) in [5.74, 6) is 5.98. The Labute approximate surface area is 75.8 Å². The molecule has 0 aliphatic heterocycles. The van der Waals surface area contributed by atoms with Crippen molar-refractivity contribution in [1.82, 2.24) is 20.2 Å². The second-order valence-corrected chi connectivity index (χ2v) is 2.38. The van der Waals surface area contributed by atoms with E-state index in [1.807, 2.05) is 11.5 Å². The molecule has 0 radical (unpaired) electrons. The summed E-state index contributed by atoms with van der Waals surface area (Å²) in [4.78, 5) is 3.93. The van der Waals surface area contributed by atoms with E-state index in [0.717, 1.165) is 12.4 Å². The molecule has 1 aromatic rings. The standard InChI is InChI=1S/C6H13N7/c1-2-13-4-10-12-5(13)3-9-6(7)11-8/h4H,2-3,8H2,1H3,(H3,7,9,11). The molecule has 1 aromatic heterocycles. The minimum Gasteiger partial charge on any atom is -0.369 e. The zero-order valence-corrected chi connectivity index (χ0v) is 7.44. The van der Waals surface area contributed by atoms with Gasteiger partial charge in [0.2, 0.25) is 5.96 Å². The molecule has 0 amide bonds. The Kier molecular flexibility index (Phi) is 3.21. The number of aliphatic imine (C=N–C) groups is 1. The molecule has 0 saturated heterocycles. The molecule has 72 valence electrons. The average Bonchev–Trinajstić information content (AvgIpc) is 2.61. The maximum absolute atomic E-state index is 5.34. The van der Waals surface area contributed by atoms with Crippen molar-refractivity contribution >= 4 is 5.96 Å². The van der Waals surface area contributed by atoms with E-state index in [2.05, 4.69) is 20.6 Å². The Morgan fingerprint density at radius 1 is 1.77 bits per heavy atom. The van der Waals surface area contributed by atoms with Crippen LogP contribution < -0.4 is 17.0 Å². The molecule has 0 spiro atoms. The van der Waals surface area contributed by atoms with Crippen LogP contribution in [-0.2, 0) is 13.1 Å². The van der Waals surface area contributed by atoms with Crippen molar-refractivity contribution in [3.05, 3.63) is 12.2 Å². The number of rotatable bonds is 3. The topological polar surface area (TPSA) is 107 Å². The average molecular weight is 183 g/mol. The summed E-state index contributed by atoms with van der Waals surface area (Å²) in [5.41, 5.74) is 7.57. The number of nitrogens with two attached hydrogens (primary N) is 2. The lowest BCUT2D eigenvalue weighted by atomic mass is 10.5. The molecule has 13 heavy (non-hydrogen) atoms. The second kappa shape index (κ2) is 4.41. The van der Waals surface area contributed by atoms with E-state index in [9.17, 15) is 0 Å². The first kappa shape index (κ1) is 9.46. The highest BCUT2D eigenvalue weighted by Gasteiger charge is 2.00. The first-order chi connectivity index (χ1) is 6.27. The number of hydrazine groups is 1. The molecule has 0 bridgehead atoms. The number of hydrogen-bond donors (Lipinski definition) is 3. The van der Waals surface area contributed by atoms with Gasteiger partial charge in [0, 0.05) is 6.54 Å². The van der Waals surface area contributed by atoms with Crippen molar-refractivity contribution in [2.45, 2.75) is 20.0 Å². The van der Waals surface area contributed by atoms with Gasteiger partial charge in [-0.2, -0.15) is 0 Å². The van der Waals surface area contributed by atoms with Crippen molar-refractivity contribution in [3.63, 3.8) is 0 Å². The van der Waals surface area contributed by atoms with Crippen LogP contribution in [0.3, 0.4) is 0 Å². The van der Waals surface area contributed by atoms with Gasteiger partial charge < -0.3 is 10.3 Å². The molecular weight excluding hydrogens is 170 g/mol. The van der Waals surface area contributed by atoms with Gasteiger partial charge in [-0.15, -0.1) is 10.2 Å². The fourth-order valence-electron chi connectivity index (χ4n) is 0.867. The number of hydrogen-bond acceptors (Lipinski definition) is 4. The summed E-state index contributed by atoms with van der Waals surface area (Å²) in [7, 11) is 0. The van der Waals surface area contributed by atoms with Crippen LogP contribution in [0.5, 0.6) is 0 Å². The number of guanidine groups is 1. The van der Waals surface area contributed by atoms with Gasteiger partial charge in [0.25, 0.3) is 0 Å². The summed E-state index contributed by atoms with van der Waals surface area (Å²) < 4.78 is 1.88. The van der Waals surface area contributed by atoms with Crippen LogP contribution in [0.15, 0.2) is 11.3 Å². The summed E-state index contributed by atoms with van der Waals surface area (Å²) >= 11 is 0. The van der Waals surface area contributed by atoms with Gasteiger partial charge >= 0.3 is 0 Å². The van der Waals surface area contributed by atoms with Gasteiger partial charge in [0.05, 0.1) is 0 Å². The van der Waals surface area contributed by atoms with Crippen molar-refractivity contribution < 1.29 is 0 Å². The van der Waals surface area contributed by atoms with Gasteiger partial charge in [-0.1, -0.05) is 0 Å². The molecule has 0 aliphatic carbocycles. The van der Waals surface area contributed by atoms with E-state index in [-0.39, 0.29) is 5.96 Å². The SMILES string of the molecule is CCn1cnnc1CN=C(N)NN. The maximum atomic E-state index is 5.34. The molecule has 0 atom stereocenters. The molecule has 7 heteroatoms. The molecule has 1 heterocycles. The predicted octanol–water partition coefficient (Wildman–Crippen LogP) is -1.42. The number of nitrogens with one attached hydrogen (secondary N) is 1. The fourth-order valence-corrected chi connectivity index (χ4v) is 0.867. The van der Waals surface area contributed by atoms with Crippen molar-refractivity contribution in [2.75, 3.05) is 0 Å². The highest BCUT2D eigenvalue weighted by molar-refractivity contribution is 5.76. The smallest absolute Gasteiger partial charge is 0.203 e. The minimum absolute atomic E-state index is 0.186. The maximum Gasteiger partial charge on any atom is 0.203 e. The molecule has 1 rings (SSSR count). The summed E-state index contributed by atoms with van der Waals surface area (Å²) in [6.45, 7) is 3.19.